The topological polar surface area (TPSA) is 101 Å². The molecule has 0 aliphatic heterocycles. The molecule has 96 valence electrons. The summed E-state index contributed by atoms with van der Waals surface area (Å²) in [5, 5.41) is 17.8. The van der Waals surface area contributed by atoms with E-state index in [2.05, 4.69) is 0 Å². The maximum absolute atomic E-state index is 11.0. The van der Waals surface area contributed by atoms with Crippen molar-refractivity contribution in [2.75, 3.05) is 6.61 Å². The van der Waals surface area contributed by atoms with Gasteiger partial charge in [-0.3, -0.25) is 4.79 Å². The number of carboxylic acid groups (broad SMARTS) is 1. The van der Waals surface area contributed by atoms with Crippen LogP contribution in [0.2, 0.25) is 0 Å². The van der Waals surface area contributed by atoms with Gasteiger partial charge in [0.05, 0.1) is 6.61 Å². The highest BCUT2D eigenvalue weighted by molar-refractivity contribution is 5.90. The van der Waals surface area contributed by atoms with E-state index in [-0.39, 0.29) is 6.61 Å². The predicted octanol–water partition coefficient (Wildman–Crippen LogP) is 0.146. The minimum Gasteiger partial charge on any atom is -0.478 e. The average Bonchev–Trinajstić information content (AvgIpc) is 2.22. The zero-order valence-corrected chi connectivity index (χ0v) is 9.97. The van der Waals surface area contributed by atoms with Gasteiger partial charge < -0.3 is 14.9 Å². The first kappa shape index (κ1) is 15.3. The monoisotopic (exact) mass is 244 g/mol. The molecule has 6 heteroatoms. The largest absolute Gasteiger partial charge is 0.478 e. The van der Waals surface area contributed by atoms with Crippen LogP contribution >= 0.6 is 0 Å². The summed E-state index contributed by atoms with van der Waals surface area (Å²) in [5.41, 5.74) is -0.918. The lowest BCUT2D eigenvalue weighted by Crippen LogP contribution is -2.39. The summed E-state index contributed by atoms with van der Waals surface area (Å²) >= 11 is 0. The molecule has 0 saturated carbocycles. The van der Waals surface area contributed by atoms with Gasteiger partial charge in [0.2, 0.25) is 0 Å². The van der Waals surface area contributed by atoms with Crippen molar-refractivity contribution in [3.05, 3.63) is 12.2 Å². The Morgan fingerprint density at radius 1 is 1.29 bits per heavy atom. The van der Waals surface area contributed by atoms with Crippen molar-refractivity contribution < 1.29 is 29.3 Å². The first-order valence-electron chi connectivity index (χ1n) is 4.93. The molecule has 0 amide bonds. The third kappa shape index (κ3) is 5.82. The minimum absolute atomic E-state index is 0.184. The Labute approximate surface area is 98.9 Å². The molecule has 0 aromatic rings. The summed E-state index contributed by atoms with van der Waals surface area (Å²) in [7, 11) is 0. The first-order chi connectivity index (χ1) is 7.66. The Kier molecular flexibility index (Phi) is 5.53. The second kappa shape index (κ2) is 6.15. The number of aliphatic hydroxyl groups is 1. The van der Waals surface area contributed by atoms with Gasteiger partial charge in [0, 0.05) is 17.6 Å². The Bertz CT molecular complexity index is 342. The van der Waals surface area contributed by atoms with E-state index in [1.165, 1.54) is 6.92 Å². The molecular weight excluding hydrogens is 228 g/mol. The molecule has 0 aromatic heterocycles. The number of carboxylic acids is 1. The second-order valence-corrected chi connectivity index (χ2v) is 4.28. The van der Waals surface area contributed by atoms with Crippen LogP contribution in [0.4, 0.5) is 0 Å². The third-order valence-electron chi connectivity index (χ3n) is 2.07. The molecule has 0 unspecified atom stereocenters. The van der Waals surface area contributed by atoms with Crippen molar-refractivity contribution in [1.29, 1.82) is 0 Å². The number of aliphatic hydroxyl groups excluding tert-OH is 1. The summed E-state index contributed by atoms with van der Waals surface area (Å²) in [4.78, 5) is 32.1. The predicted molar refractivity (Wildman–Crippen MR) is 58.2 cm³/mol. The first-order valence-corrected chi connectivity index (χ1v) is 4.93. The smallest absolute Gasteiger partial charge is 0.331 e. The number of Topliss-reactive ketones (excluding diaryl/α,β-unsaturated/α-hetero) is 1. The van der Waals surface area contributed by atoms with Crippen LogP contribution in [0.5, 0.6) is 0 Å². The summed E-state index contributed by atoms with van der Waals surface area (Å²) in [5.74, 6) is -2.52. The van der Waals surface area contributed by atoms with Gasteiger partial charge in [0.1, 0.15) is 6.10 Å². The van der Waals surface area contributed by atoms with Crippen LogP contribution in [0.3, 0.4) is 0 Å². The molecule has 0 rings (SSSR count). The van der Waals surface area contributed by atoms with Gasteiger partial charge in [0.15, 0.2) is 5.78 Å². The SMILES string of the molecule is CC(=O)[C@H](O)C(C)(C)COC(=O)/C=C/C(=O)O. The fourth-order valence-electron chi connectivity index (χ4n) is 1.07. The molecule has 0 spiro atoms. The maximum atomic E-state index is 11.0. The number of esters is 1. The Morgan fingerprint density at radius 3 is 2.24 bits per heavy atom. The van der Waals surface area contributed by atoms with Crippen molar-refractivity contribution in [3.63, 3.8) is 0 Å². The molecule has 0 aliphatic carbocycles. The van der Waals surface area contributed by atoms with Crippen LogP contribution in [-0.2, 0) is 19.1 Å². The zero-order chi connectivity index (χ0) is 13.6. The van der Waals surface area contributed by atoms with E-state index in [1.807, 2.05) is 0 Å². The van der Waals surface area contributed by atoms with E-state index < -0.39 is 29.2 Å². The van der Waals surface area contributed by atoms with Crippen LogP contribution in [0.1, 0.15) is 20.8 Å². The van der Waals surface area contributed by atoms with E-state index in [0.717, 1.165) is 6.08 Å². The quantitative estimate of drug-likeness (QED) is 0.509. The fraction of sp³-hybridized carbons (Fsp3) is 0.545. The normalized spacial score (nSPS) is 13.4. The third-order valence-corrected chi connectivity index (χ3v) is 2.07. The molecule has 0 fully saturated rings. The van der Waals surface area contributed by atoms with Crippen molar-refractivity contribution in [2.24, 2.45) is 5.41 Å². The van der Waals surface area contributed by atoms with Crippen LogP contribution in [0.15, 0.2) is 12.2 Å². The number of ether oxygens (including phenoxy) is 1. The molecule has 17 heavy (non-hydrogen) atoms. The average molecular weight is 244 g/mol. The van der Waals surface area contributed by atoms with Gasteiger partial charge in [-0.1, -0.05) is 13.8 Å². The molecule has 0 aromatic carbocycles. The molecule has 0 saturated heterocycles. The van der Waals surface area contributed by atoms with Crippen LogP contribution in [-0.4, -0.2) is 40.6 Å². The summed E-state index contributed by atoms with van der Waals surface area (Å²) < 4.78 is 4.73. The number of carbonyl (C=O) groups excluding carboxylic acids is 2. The number of hydrogen-bond donors (Lipinski definition) is 2. The molecule has 6 nitrogen and oxygen atoms in total. The van der Waals surface area contributed by atoms with Crippen molar-refractivity contribution in [2.45, 2.75) is 26.9 Å². The number of carbonyl (C=O) groups is 3. The Morgan fingerprint density at radius 2 is 1.82 bits per heavy atom. The molecular formula is C11H16O6. The van der Waals surface area contributed by atoms with E-state index in [0.29, 0.717) is 6.08 Å². The van der Waals surface area contributed by atoms with Gasteiger partial charge in [-0.15, -0.1) is 0 Å². The van der Waals surface area contributed by atoms with Crippen LogP contribution in [0, 0.1) is 5.41 Å². The lowest BCUT2D eigenvalue weighted by molar-refractivity contribution is -0.147. The molecule has 0 aliphatic rings. The van der Waals surface area contributed by atoms with Gasteiger partial charge in [-0.05, 0) is 6.92 Å². The van der Waals surface area contributed by atoms with E-state index >= 15 is 0 Å². The van der Waals surface area contributed by atoms with Gasteiger partial charge in [-0.2, -0.15) is 0 Å². The standard InChI is InChI=1S/C11H16O6/c1-7(12)10(16)11(2,3)6-17-9(15)5-4-8(13)14/h4-5,10,16H,6H2,1-3H3,(H,13,14)/b5-4+/t10-/m0/s1. The number of rotatable bonds is 6. The van der Waals surface area contributed by atoms with Crippen molar-refractivity contribution in [1.82, 2.24) is 0 Å². The van der Waals surface area contributed by atoms with Crippen molar-refractivity contribution in [3.8, 4) is 0 Å². The minimum atomic E-state index is -1.26. The molecule has 2 N–H and O–H groups in total. The highest BCUT2D eigenvalue weighted by Crippen LogP contribution is 2.21. The molecule has 0 heterocycles. The van der Waals surface area contributed by atoms with E-state index in [9.17, 15) is 19.5 Å². The van der Waals surface area contributed by atoms with Crippen molar-refractivity contribution >= 4 is 17.7 Å². The van der Waals surface area contributed by atoms with Gasteiger partial charge in [-0.25, -0.2) is 9.59 Å². The molecule has 0 radical (unpaired) electrons. The van der Waals surface area contributed by atoms with E-state index in [4.69, 9.17) is 9.84 Å². The van der Waals surface area contributed by atoms with Crippen LogP contribution < -0.4 is 0 Å². The van der Waals surface area contributed by atoms with Crippen LogP contribution in [0.25, 0.3) is 0 Å². The number of ketones is 1. The summed E-state index contributed by atoms with van der Waals surface area (Å²) in [6, 6.07) is 0. The summed E-state index contributed by atoms with van der Waals surface area (Å²) in [6.07, 6.45) is 0.175. The Balaban J connectivity index is 4.32. The molecule has 1 atom stereocenters. The molecule has 0 bridgehead atoms. The van der Waals surface area contributed by atoms with Gasteiger partial charge >= 0.3 is 11.9 Å². The fourth-order valence-corrected chi connectivity index (χ4v) is 1.07. The summed E-state index contributed by atoms with van der Waals surface area (Å²) in [6.45, 7) is 4.18. The maximum Gasteiger partial charge on any atom is 0.331 e. The Hall–Kier alpha value is -1.69. The highest BCUT2D eigenvalue weighted by Gasteiger charge is 2.32. The number of hydrogen-bond acceptors (Lipinski definition) is 5. The highest BCUT2D eigenvalue weighted by atomic mass is 16.5. The number of aliphatic carboxylic acids is 1. The van der Waals surface area contributed by atoms with Gasteiger partial charge in [0.25, 0.3) is 0 Å². The lowest BCUT2D eigenvalue weighted by atomic mass is 9.85. The second-order valence-electron chi connectivity index (χ2n) is 4.28. The zero-order valence-electron chi connectivity index (χ0n) is 9.97. The lowest BCUT2D eigenvalue weighted by Gasteiger charge is -2.27. The van der Waals surface area contributed by atoms with E-state index in [1.54, 1.807) is 13.8 Å².